The van der Waals surface area contributed by atoms with Crippen molar-refractivity contribution in [3.63, 3.8) is 0 Å². The van der Waals surface area contributed by atoms with Crippen LogP contribution >= 0.6 is 20.1 Å². The summed E-state index contributed by atoms with van der Waals surface area (Å²) in [4.78, 5) is 0. The van der Waals surface area contributed by atoms with Crippen LogP contribution in [0, 0.1) is 22.3 Å². The summed E-state index contributed by atoms with van der Waals surface area (Å²) in [7, 11) is -2.44. The van der Waals surface area contributed by atoms with Crippen molar-refractivity contribution in [1.29, 1.82) is 0 Å². The highest BCUT2D eigenvalue weighted by Crippen LogP contribution is 2.61. The number of rotatable bonds is 6. The maximum atomic E-state index is 4.06. The first-order chi connectivity index (χ1) is 27.7. The maximum absolute atomic E-state index is 4.06. The van der Waals surface area contributed by atoms with Crippen molar-refractivity contribution in [3.05, 3.63) is 108 Å². The molecule has 0 saturated heterocycles. The van der Waals surface area contributed by atoms with E-state index in [0.717, 1.165) is 0 Å². The van der Waals surface area contributed by atoms with Crippen molar-refractivity contribution < 1.29 is 0 Å². The molecule has 0 N–H and O–H groups in total. The first-order valence-electron chi connectivity index (χ1n) is 21.5. The molecule has 0 aliphatic heterocycles. The summed E-state index contributed by atoms with van der Waals surface area (Å²) < 4.78 is 0. The SMILES string of the molecule is CC(C)S(C#Cc1c2ccccc2c2ccc3c4ccc5c(C#CS(C(C)C)(C(C)C)C(C)C)c6ccccc6c6ccc(c7ccc1c2c73)c4c56)(C(C)C)C(C)C. The zero-order valence-corrected chi connectivity index (χ0v) is 38.2. The van der Waals surface area contributed by atoms with Gasteiger partial charge in [0.2, 0.25) is 0 Å². The molecule has 58 heavy (non-hydrogen) atoms. The standard InChI is InChI=1S/C56H58S2/c1-33(2)57(34(3)4,35(5)6)31-29-43-39-17-13-15-19-41(39)45-21-25-49-52-28-24-48-44(30-32-58(36(7)8,37(9)10)38(11)12)40-18-14-16-20-42(40)46-22-26-50(56(52)54(46)48)51-27-23-47(43)53(45)55(49)51/h13-28,33-38H,1-12H3. The second-order valence-corrected chi connectivity index (χ2v) is 27.4. The minimum atomic E-state index is -1.22. The van der Waals surface area contributed by atoms with E-state index in [0.29, 0.717) is 31.5 Å². The Morgan fingerprint density at radius 2 is 0.500 bits per heavy atom. The molecular formula is C56H58S2. The summed E-state index contributed by atoms with van der Waals surface area (Å²) in [5, 5.41) is 32.2. The smallest absolute Gasteiger partial charge is 0.0411 e. The molecule has 9 aromatic rings. The molecule has 9 rings (SSSR count). The minimum Gasteiger partial charge on any atom is -0.170 e. The van der Waals surface area contributed by atoms with Gasteiger partial charge in [-0.2, -0.15) is 20.1 Å². The Morgan fingerprint density at radius 3 is 0.776 bits per heavy atom. The predicted molar refractivity (Wildman–Crippen MR) is 269 cm³/mol. The van der Waals surface area contributed by atoms with E-state index in [9.17, 15) is 0 Å². The lowest BCUT2D eigenvalue weighted by atomic mass is 9.82. The quantitative estimate of drug-likeness (QED) is 0.0893. The average Bonchev–Trinajstić information content (AvgIpc) is 3.19. The van der Waals surface area contributed by atoms with Gasteiger partial charge in [-0.1, -0.05) is 192 Å². The topological polar surface area (TPSA) is 0 Å². The van der Waals surface area contributed by atoms with Crippen molar-refractivity contribution >= 4 is 106 Å². The average molecular weight is 795 g/mol. The number of hydrogen-bond donors (Lipinski definition) is 0. The Morgan fingerprint density at radius 1 is 0.276 bits per heavy atom. The summed E-state index contributed by atoms with van der Waals surface area (Å²) in [6, 6.07) is 37.2. The Labute approximate surface area is 349 Å². The molecule has 0 radical (unpaired) electrons. The lowest BCUT2D eigenvalue weighted by Crippen LogP contribution is -2.27. The van der Waals surface area contributed by atoms with Gasteiger partial charge in [0.1, 0.15) is 0 Å². The summed E-state index contributed by atoms with van der Waals surface area (Å²) in [5.41, 5.74) is 2.36. The van der Waals surface area contributed by atoms with Gasteiger partial charge in [-0.05, 0) is 128 Å². The van der Waals surface area contributed by atoms with Gasteiger partial charge in [-0.25, -0.2) is 0 Å². The van der Waals surface area contributed by atoms with E-state index in [1.165, 1.54) is 97.3 Å². The largest absolute Gasteiger partial charge is 0.170 e. The molecule has 0 fully saturated rings. The summed E-state index contributed by atoms with van der Waals surface area (Å²) in [6.07, 6.45) is 0. The molecule has 2 heteroatoms. The van der Waals surface area contributed by atoms with Crippen LogP contribution in [0.3, 0.4) is 0 Å². The first kappa shape index (κ1) is 38.9. The van der Waals surface area contributed by atoms with Gasteiger partial charge < -0.3 is 0 Å². The van der Waals surface area contributed by atoms with Crippen LogP contribution in [0.2, 0.25) is 0 Å². The fourth-order valence-electron chi connectivity index (χ4n) is 11.4. The molecular weight excluding hydrogens is 737 g/mol. The normalized spacial score (nSPS) is 13.7. The van der Waals surface area contributed by atoms with Crippen molar-refractivity contribution in [2.75, 3.05) is 0 Å². The van der Waals surface area contributed by atoms with Gasteiger partial charge in [0.15, 0.2) is 0 Å². The van der Waals surface area contributed by atoms with E-state index < -0.39 is 20.1 Å². The molecule has 0 amide bonds. The first-order valence-corrected chi connectivity index (χ1v) is 25.2. The van der Waals surface area contributed by atoms with Gasteiger partial charge in [0, 0.05) is 11.1 Å². The molecule has 294 valence electrons. The zero-order chi connectivity index (χ0) is 41.0. The van der Waals surface area contributed by atoms with Crippen LogP contribution in [0.1, 0.15) is 94.2 Å². The van der Waals surface area contributed by atoms with E-state index in [1.807, 2.05) is 0 Å². The Kier molecular flexibility index (Phi) is 9.40. The van der Waals surface area contributed by atoms with Gasteiger partial charge in [0.05, 0.1) is 0 Å². The van der Waals surface area contributed by atoms with Crippen molar-refractivity contribution in [1.82, 2.24) is 0 Å². The zero-order valence-electron chi connectivity index (χ0n) is 36.5. The predicted octanol–water partition coefficient (Wildman–Crippen LogP) is 16.5. The van der Waals surface area contributed by atoms with Gasteiger partial charge in [-0.15, -0.1) is 0 Å². The third-order valence-corrected chi connectivity index (χ3v) is 24.1. The maximum Gasteiger partial charge on any atom is 0.0411 e. The Balaban J connectivity index is 1.42. The lowest BCUT2D eigenvalue weighted by molar-refractivity contribution is 0.959. The fraction of sp³-hybridized carbons (Fsp3) is 0.321. The summed E-state index contributed by atoms with van der Waals surface area (Å²) in [6.45, 7) is 28.7. The van der Waals surface area contributed by atoms with Crippen molar-refractivity contribution in [2.24, 2.45) is 0 Å². The van der Waals surface area contributed by atoms with E-state index >= 15 is 0 Å². The molecule has 0 aliphatic carbocycles. The molecule has 0 saturated carbocycles. The molecule has 0 atom stereocenters. The highest BCUT2D eigenvalue weighted by atomic mass is 32.3. The summed E-state index contributed by atoms with van der Waals surface area (Å²) >= 11 is 0. The highest BCUT2D eigenvalue weighted by Gasteiger charge is 2.34. The Bertz CT molecular complexity index is 2920. The molecule has 9 aromatic carbocycles. The minimum absolute atomic E-state index is 0.519. The van der Waals surface area contributed by atoms with Crippen LogP contribution in [-0.2, 0) is 0 Å². The molecule has 0 heterocycles. The third-order valence-electron chi connectivity index (χ3n) is 13.8. The van der Waals surface area contributed by atoms with Crippen molar-refractivity contribution in [2.45, 2.75) is 115 Å². The highest BCUT2D eigenvalue weighted by molar-refractivity contribution is 8.39. The third kappa shape index (κ3) is 5.27. The lowest BCUT2D eigenvalue weighted by Gasteiger charge is -2.46. The van der Waals surface area contributed by atoms with E-state index in [2.05, 4.69) is 202 Å². The fourth-order valence-corrected chi connectivity index (χ4v) is 19.9. The monoisotopic (exact) mass is 794 g/mol. The van der Waals surface area contributed by atoms with Crippen LogP contribution < -0.4 is 0 Å². The second kappa shape index (κ2) is 14.0. The van der Waals surface area contributed by atoms with E-state index in [1.54, 1.807) is 0 Å². The number of fused-ring (bicyclic) bond motifs is 6. The molecule has 0 unspecified atom stereocenters. The van der Waals surface area contributed by atoms with E-state index in [-0.39, 0.29) is 0 Å². The van der Waals surface area contributed by atoms with Crippen LogP contribution in [0.25, 0.3) is 86.2 Å². The van der Waals surface area contributed by atoms with E-state index in [4.69, 9.17) is 0 Å². The number of hydrogen-bond acceptors (Lipinski definition) is 0. The van der Waals surface area contributed by atoms with Crippen LogP contribution in [0.4, 0.5) is 0 Å². The van der Waals surface area contributed by atoms with Gasteiger partial charge in [-0.3, -0.25) is 0 Å². The van der Waals surface area contributed by atoms with Gasteiger partial charge >= 0.3 is 0 Å². The number of benzene rings is 9. The van der Waals surface area contributed by atoms with Crippen molar-refractivity contribution in [3.8, 4) is 22.3 Å². The molecule has 0 bridgehead atoms. The molecule has 0 spiro atoms. The van der Waals surface area contributed by atoms with Gasteiger partial charge in [0.25, 0.3) is 0 Å². The summed E-state index contributed by atoms with van der Waals surface area (Å²) in [5.74, 6) is 7.91. The Hall–Kier alpha value is -4.60. The molecule has 0 aliphatic rings. The van der Waals surface area contributed by atoms with Crippen LogP contribution in [-0.4, -0.2) is 31.5 Å². The van der Waals surface area contributed by atoms with Crippen LogP contribution in [0.15, 0.2) is 97.1 Å². The van der Waals surface area contributed by atoms with Crippen LogP contribution in [0.5, 0.6) is 0 Å². The molecule has 0 aromatic heterocycles. The second-order valence-electron chi connectivity index (χ2n) is 18.3. The molecule has 0 nitrogen and oxygen atoms in total.